The summed E-state index contributed by atoms with van der Waals surface area (Å²) in [5.41, 5.74) is -3.87. The first-order chi connectivity index (χ1) is 7.97. The molecule has 0 aromatic rings. The molecule has 6 heteroatoms. The van der Waals surface area contributed by atoms with Gasteiger partial charge in [-0.25, -0.2) is 0 Å². The Labute approximate surface area is 103 Å². The van der Waals surface area contributed by atoms with Crippen molar-refractivity contribution in [2.24, 2.45) is 10.8 Å². The first-order valence-electron chi connectivity index (χ1n) is 6.11. The van der Waals surface area contributed by atoms with E-state index in [-0.39, 0.29) is 18.3 Å². The van der Waals surface area contributed by atoms with E-state index >= 15 is 0 Å². The summed E-state index contributed by atoms with van der Waals surface area (Å²) in [6, 6.07) is 0. The first-order valence-corrected chi connectivity index (χ1v) is 6.11. The van der Waals surface area contributed by atoms with E-state index in [0.29, 0.717) is 6.42 Å². The van der Waals surface area contributed by atoms with Crippen LogP contribution < -0.4 is 0 Å². The molecule has 0 N–H and O–H groups in total. The van der Waals surface area contributed by atoms with Crippen LogP contribution in [-0.4, -0.2) is 12.4 Å². The number of alkyl halides is 6. The molecule has 1 fully saturated rings. The highest BCUT2D eigenvalue weighted by atomic mass is 19.4. The summed E-state index contributed by atoms with van der Waals surface area (Å²) in [7, 11) is 0. The Balaban J connectivity index is 2.95. The van der Waals surface area contributed by atoms with Crippen LogP contribution in [0.3, 0.4) is 0 Å². The first kappa shape index (κ1) is 15.6. The summed E-state index contributed by atoms with van der Waals surface area (Å²) in [6.07, 6.45) is -10.7. The molecular formula is C12H18F6. The molecule has 108 valence electrons. The predicted molar refractivity (Wildman–Crippen MR) is 56.0 cm³/mol. The lowest BCUT2D eigenvalue weighted by Crippen LogP contribution is -2.53. The van der Waals surface area contributed by atoms with Crippen LogP contribution in [-0.2, 0) is 0 Å². The Morgan fingerprint density at radius 2 is 1.22 bits per heavy atom. The molecule has 1 aliphatic rings. The molecule has 0 aliphatic heterocycles. The van der Waals surface area contributed by atoms with Crippen LogP contribution in [0, 0.1) is 10.8 Å². The van der Waals surface area contributed by atoms with Crippen molar-refractivity contribution in [2.45, 2.75) is 64.7 Å². The van der Waals surface area contributed by atoms with E-state index in [1.165, 1.54) is 0 Å². The van der Waals surface area contributed by atoms with E-state index in [0.717, 1.165) is 6.42 Å². The quantitative estimate of drug-likeness (QED) is 0.586. The molecule has 1 rings (SSSR count). The summed E-state index contributed by atoms with van der Waals surface area (Å²) in [5, 5.41) is 0. The Kier molecular flexibility index (Phi) is 4.00. The number of hydrogen-bond acceptors (Lipinski definition) is 0. The van der Waals surface area contributed by atoms with Gasteiger partial charge >= 0.3 is 12.4 Å². The van der Waals surface area contributed by atoms with Gasteiger partial charge in [0.05, 0.1) is 0 Å². The molecule has 1 aliphatic carbocycles. The maximum atomic E-state index is 12.8. The third-order valence-electron chi connectivity index (χ3n) is 4.25. The Hall–Kier alpha value is -0.420. The van der Waals surface area contributed by atoms with Crippen molar-refractivity contribution in [3.8, 4) is 0 Å². The minimum Gasteiger partial charge on any atom is -0.170 e. The molecular weight excluding hydrogens is 258 g/mol. The summed E-state index contributed by atoms with van der Waals surface area (Å²) < 4.78 is 76.9. The Morgan fingerprint density at radius 3 is 1.50 bits per heavy atom. The van der Waals surface area contributed by atoms with E-state index in [1.54, 1.807) is 6.92 Å². The smallest absolute Gasteiger partial charge is 0.170 e. The zero-order chi connectivity index (χ0) is 14.2. The molecule has 0 radical (unpaired) electrons. The third kappa shape index (κ3) is 2.62. The van der Waals surface area contributed by atoms with Gasteiger partial charge in [0.1, 0.15) is 0 Å². The fourth-order valence-electron chi connectivity index (χ4n) is 2.86. The van der Waals surface area contributed by atoms with E-state index in [1.807, 2.05) is 6.92 Å². The number of rotatable bonds is 2. The van der Waals surface area contributed by atoms with E-state index in [4.69, 9.17) is 0 Å². The molecule has 18 heavy (non-hydrogen) atoms. The van der Waals surface area contributed by atoms with Crippen LogP contribution >= 0.6 is 0 Å². The van der Waals surface area contributed by atoms with Crippen LogP contribution in [0.25, 0.3) is 0 Å². The van der Waals surface area contributed by atoms with Gasteiger partial charge in [-0.3, -0.25) is 0 Å². The zero-order valence-electron chi connectivity index (χ0n) is 10.5. The monoisotopic (exact) mass is 276 g/mol. The van der Waals surface area contributed by atoms with Crippen molar-refractivity contribution in [3.63, 3.8) is 0 Å². The van der Waals surface area contributed by atoms with Gasteiger partial charge in [0.2, 0.25) is 0 Å². The van der Waals surface area contributed by atoms with Crippen LogP contribution in [0.2, 0.25) is 0 Å². The van der Waals surface area contributed by atoms with Gasteiger partial charge in [-0.15, -0.1) is 0 Å². The maximum absolute atomic E-state index is 12.8. The summed E-state index contributed by atoms with van der Waals surface area (Å²) >= 11 is 0. The topological polar surface area (TPSA) is 0 Å². The Morgan fingerprint density at radius 1 is 0.833 bits per heavy atom. The van der Waals surface area contributed by atoms with Gasteiger partial charge in [-0.05, 0) is 37.5 Å². The normalized spacial score (nSPS) is 24.0. The molecule has 0 aromatic heterocycles. The Bertz CT molecular complexity index is 264. The van der Waals surface area contributed by atoms with E-state index in [9.17, 15) is 26.3 Å². The van der Waals surface area contributed by atoms with Crippen molar-refractivity contribution in [3.05, 3.63) is 0 Å². The van der Waals surface area contributed by atoms with Gasteiger partial charge in [0.15, 0.2) is 5.41 Å². The van der Waals surface area contributed by atoms with Gasteiger partial charge < -0.3 is 0 Å². The average molecular weight is 276 g/mol. The van der Waals surface area contributed by atoms with Gasteiger partial charge in [0, 0.05) is 0 Å². The number of halogens is 6. The van der Waals surface area contributed by atoms with Gasteiger partial charge in [0.25, 0.3) is 0 Å². The van der Waals surface area contributed by atoms with Crippen molar-refractivity contribution in [2.75, 3.05) is 0 Å². The van der Waals surface area contributed by atoms with Crippen molar-refractivity contribution in [1.29, 1.82) is 0 Å². The number of hydrogen-bond donors (Lipinski definition) is 0. The molecule has 0 spiro atoms. The van der Waals surface area contributed by atoms with Crippen LogP contribution in [0.4, 0.5) is 26.3 Å². The molecule has 0 aromatic carbocycles. The minimum atomic E-state index is -5.21. The van der Waals surface area contributed by atoms with Crippen molar-refractivity contribution < 1.29 is 26.3 Å². The molecule has 0 atom stereocenters. The van der Waals surface area contributed by atoms with Crippen LogP contribution in [0.5, 0.6) is 0 Å². The SMILES string of the molecule is CCCC1(C)CCC(C(F)(F)F)(C(F)(F)F)CC1. The van der Waals surface area contributed by atoms with Crippen LogP contribution in [0.1, 0.15) is 52.4 Å². The van der Waals surface area contributed by atoms with Gasteiger partial charge in [-0.1, -0.05) is 20.3 Å². The van der Waals surface area contributed by atoms with Gasteiger partial charge in [-0.2, -0.15) is 26.3 Å². The molecule has 0 heterocycles. The lowest BCUT2D eigenvalue weighted by Gasteiger charge is -2.46. The van der Waals surface area contributed by atoms with Crippen molar-refractivity contribution in [1.82, 2.24) is 0 Å². The average Bonchev–Trinajstić information content (AvgIpc) is 2.14. The largest absolute Gasteiger partial charge is 0.403 e. The third-order valence-corrected chi connectivity index (χ3v) is 4.25. The summed E-state index contributed by atoms with van der Waals surface area (Å²) in [5.74, 6) is 0. The van der Waals surface area contributed by atoms with Crippen LogP contribution in [0.15, 0.2) is 0 Å². The molecule has 0 nitrogen and oxygen atoms in total. The summed E-state index contributed by atoms with van der Waals surface area (Å²) in [4.78, 5) is 0. The second-order valence-corrected chi connectivity index (χ2v) is 5.64. The molecule has 1 saturated carbocycles. The van der Waals surface area contributed by atoms with E-state index in [2.05, 4.69) is 0 Å². The molecule has 0 unspecified atom stereocenters. The van der Waals surface area contributed by atoms with E-state index < -0.39 is 30.6 Å². The van der Waals surface area contributed by atoms with Crippen molar-refractivity contribution >= 4 is 0 Å². The standard InChI is InChI=1S/C12H18F6/c1-3-4-9(2)5-7-10(8-6-9,11(13,14)15)12(16,17)18/h3-8H2,1-2H3. The maximum Gasteiger partial charge on any atom is 0.403 e. The summed E-state index contributed by atoms with van der Waals surface area (Å²) in [6.45, 7) is 3.67. The highest BCUT2D eigenvalue weighted by Gasteiger charge is 2.71. The second kappa shape index (κ2) is 4.60. The molecule has 0 amide bonds. The lowest BCUT2D eigenvalue weighted by molar-refractivity contribution is -0.353. The zero-order valence-corrected chi connectivity index (χ0v) is 10.5. The fourth-order valence-corrected chi connectivity index (χ4v) is 2.86. The molecule has 0 saturated heterocycles. The lowest BCUT2D eigenvalue weighted by atomic mass is 9.62. The fraction of sp³-hybridized carbons (Fsp3) is 1.00. The predicted octanol–water partition coefficient (Wildman–Crippen LogP) is 5.48. The minimum absolute atomic E-state index is 0.0140. The second-order valence-electron chi connectivity index (χ2n) is 5.64. The molecule has 0 bridgehead atoms. The highest BCUT2D eigenvalue weighted by molar-refractivity contribution is 4.99. The highest BCUT2D eigenvalue weighted by Crippen LogP contribution is 2.61.